The van der Waals surface area contributed by atoms with Crippen LogP contribution in [0.2, 0.25) is 0 Å². The summed E-state index contributed by atoms with van der Waals surface area (Å²) in [5.74, 6) is 0. The third kappa shape index (κ3) is 3.70. The molecule has 0 amide bonds. The number of rotatable bonds is 3. The molecule has 0 N–H and O–H groups in total. The number of para-hydroxylation sites is 1. The Morgan fingerprint density at radius 3 is 1.97 bits per heavy atom. The van der Waals surface area contributed by atoms with Gasteiger partial charge < -0.3 is 0 Å². The molecular formula is C36H22N2S. The molecule has 0 aliphatic carbocycles. The van der Waals surface area contributed by atoms with E-state index in [0.717, 1.165) is 38.9 Å². The van der Waals surface area contributed by atoms with Crippen LogP contribution in [-0.4, -0.2) is 9.97 Å². The molecule has 0 atom stereocenters. The lowest BCUT2D eigenvalue weighted by molar-refractivity contribution is 1.29. The number of benzene rings is 5. The second kappa shape index (κ2) is 8.87. The van der Waals surface area contributed by atoms with Gasteiger partial charge in [0.1, 0.15) is 0 Å². The van der Waals surface area contributed by atoms with Crippen molar-refractivity contribution in [2.75, 3.05) is 0 Å². The van der Waals surface area contributed by atoms with Crippen molar-refractivity contribution in [3.8, 4) is 33.8 Å². The van der Waals surface area contributed by atoms with Crippen molar-refractivity contribution in [1.29, 1.82) is 0 Å². The third-order valence-electron chi connectivity index (χ3n) is 7.47. The Hall–Kier alpha value is -4.86. The summed E-state index contributed by atoms with van der Waals surface area (Å²) in [5.41, 5.74) is 7.22. The largest absolute Gasteiger partial charge is 0.246 e. The highest BCUT2D eigenvalue weighted by atomic mass is 32.1. The molecule has 39 heavy (non-hydrogen) atoms. The first-order valence-corrected chi connectivity index (χ1v) is 13.9. The van der Waals surface area contributed by atoms with Crippen molar-refractivity contribution in [2.45, 2.75) is 0 Å². The van der Waals surface area contributed by atoms with Crippen molar-refractivity contribution in [3.63, 3.8) is 0 Å². The highest BCUT2D eigenvalue weighted by Crippen LogP contribution is 2.37. The van der Waals surface area contributed by atoms with E-state index < -0.39 is 0 Å². The standard InChI is InChI=1S/C36H22N2S/c1-2-14-30-26(11-1)27-12-3-5-15-32(27)38-36(30)33-17-8-16-31(37-33)25-10-7-9-23(21-25)24-19-20-29-28-13-4-6-18-34(28)39-35(29)22-24/h1-22H. The average molecular weight is 515 g/mol. The van der Waals surface area contributed by atoms with Crippen LogP contribution in [0.5, 0.6) is 0 Å². The molecule has 0 spiro atoms. The smallest absolute Gasteiger partial charge is 0.0972 e. The minimum atomic E-state index is 0.881. The Morgan fingerprint density at radius 2 is 1.05 bits per heavy atom. The van der Waals surface area contributed by atoms with Gasteiger partial charge in [0.25, 0.3) is 0 Å². The molecule has 182 valence electrons. The van der Waals surface area contributed by atoms with Crippen LogP contribution in [0, 0.1) is 0 Å². The third-order valence-corrected chi connectivity index (χ3v) is 8.60. The molecule has 3 heteroatoms. The molecule has 0 saturated heterocycles. The van der Waals surface area contributed by atoms with Gasteiger partial charge >= 0.3 is 0 Å². The first-order valence-electron chi connectivity index (χ1n) is 13.1. The molecule has 0 unspecified atom stereocenters. The molecule has 3 heterocycles. The summed E-state index contributed by atoms with van der Waals surface area (Å²) < 4.78 is 2.64. The Labute approximate surface area is 229 Å². The molecule has 0 bridgehead atoms. The summed E-state index contributed by atoms with van der Waals surface area (Å²) in [5, 5.41) is 6.13. The van der Waals surface area contributed by atoms with E-state index in [1.165, 1.54) is 36.7 Å². The zero-order valence-electron chi connectivity index (χ0n) is 21.0. The maximum Gasteiger partial charge on any atom is 0.0972 e. The average Bonchev–Trinajstić information content (AvgIpc) is 3.39. The Balaban J connectivity index is 1.23. The first kappa shape index (κ1) is 22.2. The molecule has 0 radical (unpaired) electrons. The second-order valence-corrected chi connectivity index (χ2v) is 10.9. The number of fused-ring (bicyclic) bond motifs is 6. The lowest BCUT2D eigenvalue weighted by Crippen LogP contribution is -1.93. The lowest BCUT2D eigenvalue weighted by atomic mass is 9.99. The fourth-order valence-electron chi connectivity index (χ4n) is 5.59. The normalized spacial score (nSPS) is 11.6. The minimum absolute atomic E-state index is 0.881. The summed E-state index contributed by atoms with van der Waals surface area (Å²) in [6.07, 6.45) is 0. The van der Waals surface area contributed by atoms with E-state index in [0.29, 0.717) is 0 Å². The zero-order valence-corrected chi connectivity index (χ0v) is 21.8. The highest BCUT2D eigenvalue weighted by molar-refractivity contribution is 7.25. The highest BCUT2D eigenvalue weighted by Gasteiger charge is 2.13. The lowest BCUT2D eigenvalue weighted by Gasteiger charge is -2.11. The SMILES string of the molecule is c1cc(-c2ccc3c(c2)sc2ccccc23)cc(-c2cccc(-c3nc4ccccc4c4ccccc34)n2)c1. The maximum absolute atomic E-state index is 5.12. The number of aromatic nitrogens is 2. The van der Waals surface area contributed by atoms with E-state index in [2.05, 4.69) is 127 Å². The van der Waals surface area contributed by atoms with Gasteiger partial charge in [-0.2, -0.15) is 0 Å². The van der Waals surface area contributed by atoms with E-state index in [1.807, 2.05) is 17.4 Å². The van der Waals surface area contributed by atoms with Crippen molar-refractivity contribution in [3.05, 3.63) is 133 Å². The number of pyridine rings is 2. The number of hydrogen-bond donors (Lipinski definition) is 0. The van der Waals surface area contributed by atoms with Crippen LogP contribution in [0.3, 0.4) is 0 Å². The maximum atomic E-state index is 5.12. The summed E-state index contributed by atoms with van der Waals surface area (Å²) >= 11 is 1.85. The van der Waals surface area contributed by atoms with Crippen LogP contribution in [0.1, 0.15) is 0 Å². The van der Waals surface area contributed by atoms with Gasteiger partial charge in [0.05, 0.1) is 22.6 Å². The van der Waals surface area contributed by atoms with Gasteiger partial charge in [0, 0.05) is 36.5 Å². The van der Waals surface area contributed by atoms with E-state index in [9.17, 15) is 0 Å². The molecule has 0 fully saturated rings. The topological polar surface area (TPSA) is 25.8 Å². The molecule has 8 aromatic rings. The van der Waals surface area contributed by atoms with Gasteiger partial charge in [0.15, 0.2) is 0 Å². The van der Waals surface area contributed by atoms with Crippen LogP contribution in [0.4, 0.5) is 0 Å². The molecule has 0 aliphatic rings. The Bertz CT molecular complexity index is 2190. The summed E-state index contributed by atoms with van der Waals surface area (Å²) in [4.78, 5) is 10.2. The quantitative estimate of drug-likeness (QED) is 0.219. The minimum Gasteiger partial charge on any atom is -0.246 e. The van der Waals surface area contributed by atoms with Crippen molar-refractivity contribution in [2.24, 2.45) is 0 Å². The monoisotopic (exact) mass is 514 g/mol. The van der Waals surface area contributed by atoms with E-state index in [1.54, 1.807) is 0 Å². The molecule has 0 saturated carbocycles. The van der Waals surface area contributed by atoms with Gasteiger partial charge in [-0.25, -0.2) is 9.97 Å². The Morgan fingerprint density at radius 1 is 0.385 bits per heavy atom. The first-order chi connectivity index (χ1) is 19.3. The number of nitrogens with zero attached hydrogens (tertiary/aromatic N) is 2. The van der Waals surface area contributed by atoms with Gasteiger partial charge in [-0.15, -0.1) is 11.3 Å². The van der Waals surface area contributed by atoms with Crippen molar-refractivity contribution < 1.29 is 0 Å². The summed E-state index contributed by atoms with van der Waals surface area (Å²) in [6, 6.07) is 47.1. The van der Waals surface area contributed by atoms with Crippen LogP contribution in [0.25, 0.3) is 75.6 Å². The predicted molar refractivity (Wildman–Crippen MR) is 166 cm³/mol. The fraction of sp³-hybridized carbons (Fsp3) is 0. The van der Waals surface area contributed by atoms with Crippen LogP contribution in [-0.2, 0) is 0 Å². The van der Waals surface area contributed by atoms with Crippen molar-refractivity contribution in [1.82, 2.24) is 9.97 Å². The van der Waals surface area contributed by atoms with E-state index in [4.69, 9.17) is 9.97 Å². The van der Waals surface area contributed by atoms with Gasteiger partial charge in [0.2, 0.25) is 0 Å². The van der Waals surface area contributed by atoms with Crippen LogP contribution >= 0.6 is 11.3 Å². The van der Waals surface area contributed by atoms with Gasteiger partial charge in [-0.3, -0.25) is 0 Å². The van der Waals surface area contributed by atoms with Gasteiger partial charge in [-0.05, 0) is 52.9 Å². The van der Waals surface area contributed by atoms with Crippen LogP contribution < -0.4 is 0 Å². The number of thiophene rings is 1. The van der Waals surface area contributed by atoms with E-state index >= 15 is 0 Å². The van der Waals surface area contributed by atoms with Gasteiger partial charge in [-0.1, -0.05) is 97.1 Å². The predicted octanol–water partition coefficient (Wildman–Crippen LogP) is 10.2. The molecule has 0 aliphatic heterocycles. The molecule has 5 aromatic carbocycles. The summed E-state index contributed by atoms with van der Waals surface area (Å²) in [7, 11) is 0. The Kier molecular flexibility index (Phi) is 5.04. The van der Waals surface area contributed by atoms with Crippen LogP contribution in [0.15, 0.2) is 133 Å². The summed E-state index contributed by atoms with van der Waals surface area (Å²) in [6.45, 7) is 0. The molecular weight excluding hydrogens is 492 g/mol. The fourth-order valence-corrected chi connectivity index (χ4v) is 6.74. The molecule has 8 rings (SSSR count). The van der Waals surface area contributed by atoms with E-state index in [-0.39, 0.29) is 0 Å². The molecule has 3 aromatic heterocycles. The second-order valence-electron chi connectivity index (χ2n) is 9.82. The number of hydrogen-bond acceptors (Lipinski definition) is 3. The zero-order chi connectivity index (χ0) is 25.8. The van der Waals surface area contributed by atoms with Crippen molar-refractivity contribution >= 4 is 53.2 Å². The molecule has 2 nitrogen and oxygen atoms in total.